The fraction of sp³-hybridized carbons (Fsp3) is 0.604. The predicted octanol–water partition coefficient (Wildman–Crippen LogP) is 13.6. The summed E-state index contributed by atoms with van der Waals surface area (Å²) in [7, 11) is 0. The van der Waals surface area contributed by atoms with Crippen molar-refractivity contribution >= 4 is 38.3 Å². The Hall–Kier alpha value is -3.87. The summed E-state index contributed by atoms with van der Waals surface area (Å²) in [6.07, 6.45) is 16.2. The van der Waals surface area contributed by atoms with Crippen molar-refractivity contribution in [2.75, 3.05) is 33.0 Å². The van der Waals surface area contributed by atoms with Crippen molar-refractivity contribution in [2.45, 2.75) is 151 Å². The molecule has 0 spiro atoms. The minimum absolute atomic E-state index is 0.330. The molecule has 304 valence electrons. The number of rotatable bonds is 28. The number of benzene rings is 4. The van der Waals surface area contributed by atoms with Crippen molar-refractivity contribution in [3.8, 4) is 28.7 Å². The van der Waals surface area contributed by atoms with Gasteiger partial charge in [0.2, 0.25) is 0 Å². The monoisotopic (exact) mass is 759 g/mol. The molecule has 7 heteroatoms. The Kier molecular flexibility index (Phi) is 18.0. The zero-order valence-electron chi connectivity index (χ0n) is 35.2. The van der Waals surface area contributed by atoms with Gasteiger partial charge in [0.05, 0.1) is 38.4 Å². The third kappa shape index (κ3) is 12.3. The molecule has 0 fully saturated rings. The fourth-order valence-electron chi connectivity index (χ4n) is 7.03. The summed E-state index contributed by atoms with van der Waals surface area (Å²) >= 11 is 0. The van der Waals surface area contributed by atoms with Crippen molar-refractivity contribution in [3.63, 3.8) is 0 Å². The first-order valence-corrected chi connectivity index (χ1v) is 21.6. The molecule has 0 saturated carbocycles. The lowest BCUT2D eigenvalue weighted by Crippen LogP contribution is -2.26. The topological polar surface area (TPSA) is 83.5 Å². The van der Waals surface area contributed by atoms with Crippen LogP contribution in [0, 0.1) is 5.41 Å². The minimum Gasteiger partial charge on any atom is -0.493 e. The number of fused-ring (bicyclic) bond motifs is 6. The molecule has 0 unspecified atom stereocenters. The van der Waals surface area contributed by atoms with Gasteiger partial charge in [0.1, 0.15) is 5.75 Å². The van der Waals surface area contributed by atoms with Crippen LogP contribution in [0.25, 0.3) is 32.3 Å². The zero-order chi connectivity index (χ0) is 39.6. The maximum absolute atomic E-state index is 12.5. The van der Waals surface area contributed by atoms with E-state index in [9.17, 15) is 9.90 Å². The van der Waals surface area contributed by atoms with Crippen molar-refractivity contribution in [3.05, 3.63) is 42.0 Å². The van der Waals surface area contributed by atoms with Gasteiger partial charge in [-0.1, -0.05) is 98.8 Å². The Bertz CT molecular complexity index is 1740. The molecule has 0 aliphatic heterocycles. The van der Waals surface area contributed by atoms with Gasteiger partial charge < -0.3 is 28.8 Å². The maximum Gasteiger partial charge on any atom is 0.309 e. The predicted molar refractivity (Wildman–Crippen MR) is 229 cm³/mol. The lowest BCUT2D eigenvalue weighted by atomic mass is 9.84. The molecule has 4 rings (SSSR count). The van der Waals surface area contributed by atoms with Crippen molar-refractivity contribution in [1.82, 2.24) is 0 Å². The number of aliphatic carboxylic acids is 1. The highest BCUT2D eigenvalue weighted by atomic mass is 16.5. The number of hydrogen-bond donors (Lipinski definition) is 1. The highest BCUT2D eigenvalue weighted by molar-refractivity contribution is 6.26. The molecule has 0 atom stereocenters. The highest BCUT2D eigenvalue weighted by Crippen LogP contribution is 2.46. The standard InChI is InChI=1S/C48H70O7/c1-8-13-18-23-51-42-29-37-36(28-35(42)34-48(6,7)47(49)50)38-30-43(52-24-19-14-9-2)45(54-26-21-16-11-4)32-40(38)41-33-46(55-27-22-17-12-5)44(31-39(37)41)53-25-20-15-10-3/h28-33H,8-27,34H2,1-7H3,(H,49,50). The summed E-state index contributed by atoms with van der Waals surface area (Å²) in [6.45, 7) is 17.6. The number of carbonyl (C=O) groups is 1. The van der Waals surface area contributed by atoms with Crippen LogP contribution >= 0.6 is 0 Å². The van der Waals surface area contributed by atoms with E-state index in [1.807, 2.05) is 0 Å². The number of carboxylic acids is 1. The maximum atomic E-state index is 12.5. The van der Waals surface area contributed by atoms with Gasteiger partial charge in [-0.15, -0.1) is 0 Å². The zero-order valence-corrected chi connectivity index (χ0v) is 35.2. The van der Waals surface area contributed by atoms with Crippen LogP contribution in [0.5, 0.6) is 28.7 Å². The second-order valence-corrected chi connectivity index (χ2v) is 15.8. The fourth-order valence-corrected chi connectivity index (χ4v) is 7.03. The summed E-state index contributed by atoms with van der Waals surface area (Å²) in [6, 6.07) is 12.9. The molecule has 0 bridgehead atoms. The normalized spacial score (nSPS) is 11.8. The summed E-state index contributed by atoms with van der Waals surface area (Å²) in [5, 5.41) is 16.4. The van der Waals surface area contributed by atoms with Crippen molar-refractivity contribution < 1.29 is 33.6 Å². The Labute approximate surface area is 331 Å². The smallest absolute Gasteiger partial charge is 0.309 e. The molecule has 0 amide bonds. The van der Waals surface area contributed by atoms with Crippen molar-refractivity contribution in [2.24, 2.45) is 5.41 Å². The SMILES string of the molecule is CCCCCOc1cc2c(cc1CC(C)(C)C(=O)O)c1cc(OCCCCC)c(OCCCCC)cc1c1cc(OCCCCC)c(OCCCCC)cc21. The van der Waals surface area contributed by atoms with Gasteiger partial charge in [-0.2, -0.15) is 0 Å². The summed E-state index contributed by atoms with van der Waals surface area (Å²) in [4.78, 5) is 12.5. The molecule has 4 aromatic rings. The molecule has 0 saturated heterocycles. The molecule has 1 N–H and O–H groups in total. The third-order valence-corrected chi connectivity index (χ3v) is 10.5. The summed E-state index contributed by atoms with van der Waals surface area (Å²) in [5.74, 6) is 2.87. The Morgan fingerprint density at radius 2 is 0.691 bits per heavy atom. The van der Waals surface area contributed by atoms with Crippen LogP contribution in [0.3, 0.4) is 0 Å². The minimum atomic E-state index is -0.988. The van der Waals surface area contributed by atoms with Gasteiger partial charge >= 0.3 is 5.97 Å². The average molecular weight is 759 g/mol. The van der Waals surface area contributed by atoms with E-state index in [1.165, 1.54) is 0 Å². The third-order valence-electron chi connectivity index (χ3n) is 10.5. The molecule has 0 aliphatic rings. The largest absolute Gasteiger partial charge is 0.493 e. The van der Waals surface area contributed by atoms with E-state index >= 15 is 0 Å². The second kappa shape index (κ2) is 22.6. The molecule has 0 aromatic heterocycles. The van der Waals surface area contributed by atoms with E-state index in [4.69, 9.17) is 23.7 Å². The molecular weight excluding hydrogens is 689 g/mol. The van der Waals surface area contributed by atoms with Gasteiger partial charge in [0, 0.05) is 0 Å². The van der Waals surface area contributed by atoms with Crippen LogP contribution in [0.2, 0.25) is 0 Å². The van der Waals surface area contributed by atoms with Crippen LogP contribution in [-0.2, 0) is 11.2 Å². The van der Waals surface area contributed by atoms with Crippen LogP contribution in [-0.4, -0.2) is 44.1 Å². The van der Waals surface area contributed by atoms with Crippen LogP contribution in [0.1, 0.15) is 150 Å². The quantitative estimate of drug-likeness (QED) is 0.0456. The molecule has 4 aromatic carbocycles. The van der Waals surface area contributed by atoms with Crippen LogP contribution in [0.4, 0.5) is 0 Å². The van der Waals surface area contributed by atoms with E-state index in [0.29, 0.717) is 39.5 Å². The van der Waals surface area contributed by atoms with Crippen LogP contribution < -0.4 is 23.7 Å². The van der Waals surface area contributed by atoms with E-state index in [2.05, 4.69) is 71.0 Å². The molecule has 0 aliphatic carbocycles. The van der Waals surface area contributed by atoms with Crippen LogP contribution in [0.15, 0.2) is 36.4 Å². The molecular formula is C48H70O7. The number of hydrogen-bond acceptors (Lipinski definition) is 6. The average Bonchev–Trinajstić information content (AvgIpc) is 3.17. The second-order valence-electron chi connectivity index (χ2n) is 15.8. The molecule has 0 radical (unpaired) electrons. The van der Waals surface area contributed by atoms with Gasteiger partial charge in [-0.05, 0) is 127 Å². The summed E-state index contributed by atoms with van der Waals surface area (Å²) in [5.41, 5.74) is -0.104. The number of ether oxygens (including phenoxy) is 5. The van der Waals surface area contributed by atoms with E-state index in [1.54, 1.807) is 13.8 Å². The Morgan fingerprint density at radius 1 is 0.436 bits per heavy atom. The first-order valence-electron chi connectivity index (χ1n) is 21.6. The first kappa shape index (κ1) is 43.9. The summed E-state index contributed by atoms with van der Waals surface area (Å²) < 4.78 is 32.6. The van der Waals surface area contributed by atoms with Gasteiger partial charge in [-0.3, -0.25) is 4.79 Å². The first-order chi connectivity index (χ1) is 26.7. The Morgan fingerprint density at radius 3 is 0.964 bits per heavy atom. The molecule has 55 heavy (non-hydrogen) atoms. The molecule has 0 heterocycles. The Balaban J connectivity index is 2.06. The number of unbranched alkanes of at least 4 members (excludes halogenated alkanes) is 10. The van der Waals surface area contributed by atoms with Crippen molar-refractivity contribution in [1.29, 1.82) is 0 Å². The van der Waals surface area contributed by atoms with E-state index in [-0.39, 0.29) is 0 Å². The van der Waals surface area contributed by atoms with Gasteiger partial charge in [-0.25, -0.2) is 0 Å². The molecule has 7 nitrogen and oxygen atoms in total. The van der Waals surface area contributed by atoms with E-state index in [0.717, 1.165) is 163 Å². The lowest BCUT2D eigenvalue weighted by molar-refractivity contribution is -0.146. The van der Waals surface area contributed by atoms with Gasteiger partial charge in [0.25, 0.3) is 0 Å². The van der Waals surface area contributed by atoms with Gasteiger partial charge in [0.15, 0.2) is 23.0 Å². The highest BCUT2D eigenvalue weighted by Gasteiger charge is 2.30. The van der Waals surface area contributed by atoms with E-state index < -0.39 is 11.4 Å². The number of carboxylic acid groups (broad SMARTS) is 1. The lowest BCUT2D eigenvalue weighted by Gasteiger charge is -2.23.